The van der Waals surface area contributed by atoms with Crippen molar-refractivity contribution in [1.82, 2.24) is 4.98 Å². The molecular formula is C19H15ClF2IrNO. The molecule has 0 aliphatic carbocycles. The molecule has 0 aliphatic rings. The molecule has 2 aromatic carbocycles. The molecule has 132 valence electrons. The second-order valence-corrected chi connectivity index (χ2v) is 4.52. The first kappa shape index (κ1) is 21.3. The van der Waals surface area contributed by atoms with Gasteiger partial charge in [-0.05, 0) is 11.8 Å². The van der Waals surface area contributed by atoms with Gasteiger partial charge in [-0.15, -0.1) is 24.3 Å². The van der Waals surface area contributed by atoms with Gasteiger partial charge in [-0.3, -0.25) is 8.78 Å². The Hall–Kier alpha value is -1.78. The van der Waals surface area contributed by atoms with Gasteiger partial charge >= 0.3 is 27.5 Å². The van der Waals surface area contributed by atoms with Crippen LogP contribution in [0.15, 0.2) is 66.9 Å². The summed E-state index contributed by atoms with van der Waals surface area (Å²) < 4.78 is 30.6. The first-order valence-electron chi connectivity index (χ1n) is 7.02. The Morgan fingerprint density at radius 2 is 1.76 bits per heavy atom. The summed E-state index contributed by atoms with van der Waals surface area (Å²) in [6, 6.07) is 19.4. The van der Waals surface area contributed by atoms with Crippen LogP contribution in [0.5, 0.6) is 0 Å². The quantitative estimate of drug-likeness (QED) is 0.419. The van der Waals surface area contributed by atoms with E-state index in [1.54, 1.807) is 38.1 Å². The monoisotopic (exact) mass is 539 g/mol. The fourth-order valence-electron chi connectivity index (χ4n) is 1.82. The molecule has 0 unspecified atom stereocenters. The molecule has 0 saturated heterocycles. The van der Waals surface area contributed by atoms with Gasteiger partial charge in [0.1, 0.15) is 0 Å². The van der Waals surface area contributed by atoms with E-state index in [1.165, 1.54) is 17.9 Å². The average Bonchev–Trinajstić information content (AvgIpc) is 2.66. The topological polar surface area (TPSA) is 22.1 Å². The zero-order chi connectivity index (χ0) is 18.5. The fraction of sp³-hybridized carbons (Fsp3) is 0.0526. The molecule has 0 spiro atoms. The maximum atomic E-state index is 13.2. The maximum absolute atomic E-state index is 13.2. The number of methoxy groups -OCH3 is 1. The normalized spacial score (nSPS) is 9.16. The first-order valence-corrected chi connectivity index (χ1v) is 9.99. The van der Waals surface area contributed by atoms with Crippen molar-refractivity contribution in [3.8, 4) is 11.3 Å². The van der Waals surface area contributed by atoms with E-state index in [2.05, 4.69) is 20.6 Å². The van der Waals surface area contributed by atoms with Crippen LogP contribution in [0.4, 0.5) is 8.78 Å². The molecule has 3 rings (SSSR count). The first-order chi connectivity index (χ1) is 12.2. The molecule has 2 nitrogen and oxygen atoms in total. The Morgan fingerprint density at radius 3 is 2.32 bits per heavy atom. The van der Waals surface area contributed by atoms with E-state index >= 15 is 0 Å². The number of hydrogen-bond donors (Lipinski definition) is 0. The number of benzene rings is 2. The van der Waals surface area contributed by atoms with Gasteiger partial charge in [0.25, 0.3) is 0 Å². The molecule has 0 bridgehead atoms. The molecule has 3 aromatic rings. The zero-order valence-electron chi connectivity index (χ0n) is 13.3. The van der Waals surface area contributed by atoms with Crippen molar-refractivity contribution < 1.29 is 31.4 Å². The summed E-state index contributed by atoms with van der Waals surface area (Å²) in [4.78, 5) is 3.95. The molecular weight excluding hydrogens is 524 g/mol. The van der Waals surface area contributed by atoms with E-state index in [1.807, 2.05) is 30.3 Å². The number of rotatable bonds is 3. The third kappa shape index (κ3) is 7.76. The third-order valence-corrected chi connectivity index (χ3v) is 2.83. The van der Waals surface area contributed by atoms with Crippen molar-refractivity contribution in [1.29, 1.82) is 0 Å². The Morgan fingerprint density at radius 1 is 1.08 bits per heavy atom. The Labute approximate surface area is 161 Å². The number of ether oxygens (including phenoxy) is 1. The predicted molar refractivity (Wildman–Crippen MR) is 91.1 cm³/mol. The molecule has 0 fully saturated rings. The molecule has 0 aliphatic heterocycles. The van der Waals surface area contributed by atoms with Gasteiger partial charge in [-0.25, -0.2) is 0 Å². The summed E-state index contributed by atoms with van der Waals surface area (Å²) in [6.45, 7) is 1.71. The summed E-state index contributed by atoms with van der Waals surface area (Å²) >= 11 is 1.47. The molecule has 6 heteroatoms. The molecule has 0 atom stereocenters. The molecule has 0 N–H and O–H groups in total. The minimum absolute atomic E-state index is 0.187. The van der Waals surface area contributed by atoms with Gasteiger partial charge in [0.05, 0.1) is 0 Å². The van der Waals surface area contributed by atoms with Crippen LogP contribution in [0.2, 0.25) is 0 Å². The van der Waals surface area contributed by atoms with Crippen LogP contribution in [0, 0.1) is 24.3 Å². The van der Waals surface area contributed by atoms with Crippen molar-refractivity contribution in [2.45, 2.75) is 0 Å². The van der Waals surface area contributed by atoms with Crippen LogP contribution in [0.3, 0.4) is 0 Å². The number of pyridine rings is 1. The Balaban J connectivity index is 0.000000246. The van der Waals surface area contributed by atoms with Gasteiger partial charge < -0.3 is 9.72 Å². The van der Waals surface area contributed by atoms with Gasteiger partial charge in [-0.2, -0.15) is 17.7 Å². The average molecular weight is 539 g/mol. The molecule has 0 saturated carbocycles. The van der Waals surface area contributed by atoms with Crippen LogP contribution in [0.25, 0.3) is 11.3 Å². The summed E-state index contributed by atoms with van der Waals surface area (Å²) in [7, 11) is 6.28. The number of aromatic nitrogens is 1. The van der Waals surface area contributed by atoms with Gasteiger partial charge in [0.2, 0.25) is 0 Å². The van der Waals surface area contributed by atoms with Crippen molar-refractivity contribution in [3.05, 3.63) is 96.7 Å². The third-order valence-electron chi connectivity index (χ3n) is 2.83. The van der Waals surface area contributed by atoms with E-state index in [4.69, 9.17) is 4.74 Å². The predicted octanol–water partition coefficient (Wildman–Crippen LogP) is 5.36. The standard InChI is InChI=1S/C11H6F2N.C8H9O.ClH.Ir/c12-8-4-5-9(10(13)7-8)11-3-1-2-6-14-11;1-9-7-8-5-3-2-4-6-8;;/h1-4,6-7H;2-7H,1H3;1H;/q2*-1;;+3/p-1. The fourth-order valence-corrected chi connectivity index (χ4v) is 1.82. The van der Waals surface area contributed by atoms with E-state index in [-0.39, 0.29) is 5.56 Å². The SMILES string of the molecule is CO[CH-]c1ccccc1.Fc1c[c-]c(-c2ccccn2)c(F)c1.[Cl][Ir+2]. The Bertz CT molecular complexity index is 730. The van der Waals surface area contributed by atoms with Crippen LogP contribution < -0.4 is 0 Å². The summed E-state index contributed by atoms with van der Waals surface area (Å²) in [6.07, 6.45) is 1.55. The summed E-state index contributed by atoms with van der Waals surface area (Å²) in [5, 5.41) is 0. The second kappa shape index (κ2) is 12.6. The van der Waals surface area contributed by atoms with E-state index in [0.29, 0.717) is 5.69 Å². The van der Waals surface area contributed by atoms with Crippen LogP contribution >= 0.6 is 9.58 Å². The minimum atomic E-state index is -0.649. The Kier molecular flexibility index (Phi) is 10.7. The molecule has 0 radical (unpaired) electrons. The van der Waals surface area contributed by atoms with Crippen molar-refractivity contribution in [3.63, 3.8) is 0 Å². The number of nitrogens with zero attached hydrogens (tertiary/aromatic N) is 1. The van der Waals surface area contributed by atoms with E-state index < -0.39 is 11.6 Å². The van der Waals surface area contributed by atoms with Crippen LogP contribution in [-0.4, -0.2) is 12.1 Å². The van der Waals surface area contributed by atoms with E-state index in [9.17, 15) is 8.78 Å². The summed E-state index contributed by atoms with van der Waals surface area (Å²) in [5.74, 6) is -1.29. The van der Waals surface area contributed by atoms with Gasteiger partial charge in [0.15, 0.2) is 0 Å². The summed E-state index contributed by atoms with van der Waals surface area (Å²) in [5.41, 5.74) is 1.73. The zero-order valence-corrected chi connectivity index (χ0v) is 16.4. The molecule has 1 aromatic heterocycles. The van der Waals surface area contributed by atoms with Crippen molar-refractivity contribution >= 4 is 9.58 Å². The van der Waals surface area contributed by atoms with E-state index in [0.717, 1.165) is 17.7 Å². The molecule has 0 amide bonds. The second-order valence-electron chi connectivity index (χ2n) is 4.52. The van der Waals surface area contributed by atoms with Gasteiger partial charge in [0, 0.05) is 24.9 Å². The van der Waals surface area contributed by atoms with Crippen molar-refractivity contribution in [2.24, 2.45) is 0 Å². The van der Waals surface area contributed by atoms with Crippen molar-refractivity contribution in [2.75, 3.05) is 7.11 Å². The van der Waals surface area contributed by atoms with Gasteiger partial charge in [-0.1, -0.05) is 36.4 Å². The van der Waals surface area contributed by atoms with Crippen LogP contribution in [0.1, 0.15) is 5.56 Å². The molecule has 25 heavy (non-hydrogen) atoms. The number of hydrogen-bond acceptors (Lipinski definition) is 2. The molecule has 1 heterocycles. The van der Waals surface area contributed by atoms with Crippen LogP contribution in [-0.2, 0) is 22.6 Å². The number of halogens is 3.